The maximum absolute atomic E-state index is 4.60. The lowest BCUT2D eigenvalue weighted by Crippen LogP contribution is -2.64. The van der Waals surface area contributed by atoms with Crippen molar-refractivity contribution in [2.75, 3.05) is 0 Å². The van der Waals surface area contributed by atoms with Crippen molar-refractivity contribution in [2.24, 2.45) is 0 Å². The molecule has 0 unspecified atom stereocenters. The van der Waals surface area contributed by atoms with Gasteiger partial charge in [0.1, 0.15) is 16.5 Å². The molecule has 0 spiro atoms. The first kappa shape index (κ1) is 23.4. The Morgan fingerprint density at radius 3 is 1.04 bits per heavy atom. The summed E-state index contributed by atoms with van der Waals surface area (Å²) in [6, 6.07) is 9.06. The van der Waals surface area contributed by atoms with Crippen molar-refractivity contribution in [3.63, 3.8) is 0 Å². The highest BCUT2D eigenvalue weighted by atomic mass is 28.4. The van der Waals surface area contributed by atoms with Gasteiger partial charge in [0.2, 0.25) is 0 Å². The molecule has 0 amide bonds. The summed E-state index contributed by atoms with van der Waals surface area (Å²) >= 11 is 0. The fourth-order valence-electron chi connectivity index (χ4n) is 4.03. The topological polar surface area (TPSA) is 12.0 Å². The molecule has 1 nitrogen and oxygen atoms in total. The molecule has 0 aromatic heterocycles. The van der Waals surface area contributed by atoms with Crippen LogP contribution in [0.2, 0.25) is 36.3 Å². The molecular weight excluding hydrogens is 310 g/mol. The highest BCUT2D eigenvalue weighted by molar-refractivity contribution is 6.93. The molecule has 0 aromatic rings. The van der Waals surface area contributed by atoms with Gasteiger partial charge < -0.3 is 4.65 Å². The molecule has 0 aliphatic rings. The van der Waals surface area contributed by atoms with Gasteiger partial charge >= 0.3 is 0 Å². The van der Waals surface area contributed by atoms with Crippen molar-refractivity contribution in [3.05, 3.63) is 0 Å². The molecule has 140 valence electrons. The lowest BCUT2D eigenvalue weighted by Gasteiger charge is -2.43. The third-order valence-electron chi connectivity index (χ3n) is 5.92. The van der Waals surface area contributed by atoms with Crippen LogP contribution in [0.25, 0.3) is 0 Å². The van der Waals surface area contributed by atoms with Gasteiger partial charge in [0.25, 0.3) is 0 Å². The smallest absolute Gasteiger partial charge is 0.119 e. The number of rotatable bonds is 16. The molecule has 1 N–H and O–H groups in total. The first-order chi connectivity index (χ1) is 11.1. The minimum Gasteiger partial charge on any atom is -0.359 e. The van der Waals surface area contributed by atoms with E-state index < -0.39 is 16.5 Å². The summed E-state index contributed by atoms with van der Waals surface area (Å²) in [4.78, 5) is 0. The monoisotopic (exact) mass is 357 g/mol. The second-order valence-corrected chi connectivity index (χ2v) is 17.3. The van der Waals surface area contributed by atoms with Crippen LogP contribution in [-0.4, -0.2) is 16.5 Å². The number of hydrogen-bond donors (Lipinski definition) is 1. The van der Waals surface area contributed by atoms with Gasteiger partial charge in [0, 0.05) is 0 Å². The van der Waals surface area contributed by atoms with Crippen LogP contribution in [0.1, 0.15) is 92.9 Å². The molecule has 0 saturated heterocycles. The Kier molecular flexibility index (Phi) is 13.9. The van der Waals surface area contributed by atoms with Gasteiger partial charge in [-0.05, 0) is 36.3 Å². The van der Waals surface area contributed by atoms with Crippen LogP contribution in [0, 0.1) is 0 Å². The SMILES string of the molecule is CCCC[Si](CC)(CC)N[Si](CCCC)(CCCC)CCCC. The number of nitrogens with one attached hydrogen (secondary N) is 1. The van der Waals surface area contributed by atoms with E-state index in [0.29, 0.717) is 0 Å². The Labute approximate surface area is 150 Å². The summed E-state index contributed by atoms with van der Waals surface area (Å²) in [5, 5.41) is 0. The van der Waals surface area contributed by atoms with E-state index in [-0.39, 0.29) is 0 Å². The Morgan fingerprint density at radius 2 is 0.783 bits per heavy atom. The van der Waals surface area contributed by atoms with Gasteiger partial charge in [0.05, 0.1) is 0 Å². The molecular formula is C20H47NSi2. The second-order valence-electron chi connectivity index (χ2n) is 7.81. The van der Waals surface area contributed by atoms with Crippen molar-refractivity contribution < 1.29 is 0 Å². The quantitative estimate of drug-likeness (QED) is 0.279. The zero-order valence-corrected chi connectivity index (χ0v) is 19.4. The maximum Gasteiger partial charge on any atom is 0.119 e. The largest absolute Gasteiger partial charge is 0.359 e. The maximum atomic E-state index is 4.60. The molecule has 3 heteroatoms. The van der Waals surface area contributed by atoms with E-state index >= 15 is 0 Å². The van der Waals surface area contributed by atoms with Gasteiger partial charge in [-0.25, -0.2) is 0 Å². The van der Waals surface area contributed by atoms with E-state index in [0.717, 1.165) is 0 Å². The zero-order chi connectivity index (χ0) is 17.6. The summed E-state index contributed by atoms with van der Waals surface area (Å²) in [7, 11) is -2.51. The normalized spacial score (nSPS) is 12.8. The molecule has 0 atom stereocenters. The third kappa shape index (κ3) is 8.88. The molecule has 0 aliphatic carbocycles. The van der Waals surface area contributed by atoms with Crippen LogP contribution in [0.5, 0.6) is 0 Å². The van der Waals surface area contributed by atoms with E-state index in [2.05, 4.69) is 46.2 Å². The van der Waals surface area contributed by atoms with Crippen molar-refractivity contribution >= 4 is 16.5 Å². The van der Waals surface area contributed by atoms with Crippen LogP contribution in [0.3, 0.4) is 0 Å². The fourth-order valence-corrected chi connectivity index (χ4v) is 18.0. The fraction of sp³-hybridized carbons (Fsp3) is 1.00. The molecule has 0 rings (SSSR count). The Hall–Kier alpha value is 0.394. The van der Waals surface area contributed by atoms with E-state index in [1.165, 1.54) is 69.5 Å². The predicted octanol–water partition coefficient (Wildman–Crippen LogP) is 7.71. The highest BCUT2D eigenvalue weighted by Crippen LogP contribution is 2.31. The highest BCUT2D eigenvalue weighted by Gasteiger charge is 2.40. The number of unbranched alkanes of at least 4 members (excludes halogenated alkanes) is 4. The molecule has 0 aromatic carbocycles. The first-order valence-electron chi connectivity index (χ1n) is 10.9. The number of hydrogen-bond acceptors (Lipinski definition) is 1. The molecule has 0 fully saturated rings. The second kappa shape index (κ2) is 13.7. The zero-order valence-electron chi connectivity index (χ0n) is 17.4. The minimum absolute atomic E-state index is 1.24. The summed E-state index contributed by atoms with van der Waals surface area (Å²) < 4.78 is 4.60. The van der Waals surface area contributed by atoms with Crippen molar-refractivity contribution in [2.45, 2.75) is 129 Å². The van der Waals surface area contributed by atoms with E-state index in [4.69, 9.17) is 0 Å². The molecule has 0 radical (unpaired) electrons. The lowest BCUT2D eigenvalue weighted by molar-refractivity contribution is 0.773. The van der Waals surface area contributed by atoms with Crippen LogP contribution in [0.4, 0.5) is 0 Å². The van der Waals surface area contributed by atoms with Crippen LogP contribution < -0.4 is 4.65 Å². The average molecular weight is 358 g/mol. The average Bonchev–Trinajstić information content (AvgIpc) is 2.59. The Morgan fingerprint density at radius 1 is 0.478 bits per heavy atom. The predicted molar refractivity (Wildman–Crippen MR) is 114 cm³/mol. The Balaban J connectivity index is 5.28. The minimum atomic E-state index is -1.27. The first-order valence-corrected chi connectivity index (χ1v) is 16.1. The molecule has 0 heterocycles. The van der Waals surface area contributed by atoms with Gasteiger partial charge in [-0.3, -0.25) is 0 Å². The van der Waals surface area contributed by atoms with Gasteiger partial charge in [0.15, 0.2) is 0 Å². The van der Waals surface area contributed by atoms with Crippen LogP contribution >= 0.6 is 0 Å². The summed E-state index contributed by atoms with van der Waals surface area (Å²) in [6.07, 6.45) is 11.3. The van der Waals surface area contributed by atoms with Crippen LogP contribution in [0.15, 0.2) is 0 Å². The van der Waals surface area contributed by atoms with Gasteiger partial charge in [-0.1, -0.05) is 92.9 Å². The van der Waals surface area contributed by atoms with Crippen molar-refractivity contribution in [1.29, 1.82) is 0 Å². The summed E-state index contributed by atoms with van der Waals surface area (Å²) in [5.41, 5.74) is 0. The summed E-state index contributed by atoms with van der Waals surface area (Å²) in [6.45, 7) is 14.5. The summed E-state index contributed by atoms with van der Waals surface area (Å²) in [5.74, 6) is 0. The lowest BCUT2D eigenvalue weighted by atomic mass is 10.4. The van der Waals surface area contributed by atoms with Gasteiger partial charge in [-0.15, -0.1) is 0 Å². The van der Waals surface area contributed by atoms with Crippen molar-refractivity contribution in [3.8, 4) is 0 Å². The third-order valence-corrected chi connectivity index (χ3v) is 18.1. The molecule has 0 saturated carbocycles. The van der Waals surface area contributed by atoms with Crippen molar-refractivity contribution in [1.82, 2.24) is 4.65 Å². The standard InChI is InChI=1S/C20H47NSi2/c1-7-13-17-22(11-5,12-6)21-23(18-14-8-2,19-15-9-3)20-16-10-4/h21H,7-20H2,1-6H3. The van der Waals surface area contributed by atoms with Gasteiger partial charge in [-0.2, -0.15) is 0 Å². The molecule has 0 bridgehead atoms. The van der Waals surface area contributed by atoms with E-state index in [1.54, 1.807) is 18.1 Å². The van der Waals surface area contributed by atoms with Crippen LogP contribution in [-0.2, 0) is 0 Å². The molecule has 23 heavy (non-hydrogen) atoms. The Bertz CT molecular complexity index is 243. The molecule has 0 aliphatic heterocycles. The van der Waals surface area contributed by atoms with E-state index in [1.807, 2.05) is 0 Å². The van der Waals surface area contributed by atoms with E-state index in [9.17, 15) is 0 Å².